The van der Waals surface area contributed by atoms with Crippen LogP contribution in [0.3, 0.4) is 0 Å². The van der Waals surface area contributed by atoms with Gasteiger partial charge < -0.3 is 5.73 Å². The summed E-state index contributed by atoms with van der Waals surface area (Å²) in [7, 11) is -3.39. The van der Waals surface area contributed by atoms with E-state index in [4.69, 9.17) is 5.73 Å². The van der Waals surface area contributed by atoms with Crippen molar-refractivity contribution in [1.82, 2.24) is 4.31 Å². The van der Waals surface area contributed by atoms with Crippen molar-refractivity contribution in [2.75, 3.05) is 18.8 Å². The van der Waals surface area contributed by atoms with E-state index in [2.05, 4.69) is 0 Å². The third-order valence-corrected chi connectivity index (χ3v) is 4.58. The molecular weight excluding hydrogens is 236 g/mol. The van der Waals surface area contributed by atoms with Crippen LogP contribution >= 0.6 is 0 Å². The summed E-state index contributed by atoms with van der Waals surface area (Å²) in [4.78, 5) is 0.274. The molecule has 5 heteroatoms. The van der Waals surface area contributed by atoms with Gasteiger partial charge in [0.1, 0.15) is 0 Å². The van der Waals surface area contributed by atoms with Gasteiger partial charge in [-0.2, -0.15) is 4.31 Å². The number of unbranched alkanes of at least 4 members (excludes halogenated alkanes) is 1. The molecule has 0 saturated heterocycles. The summed E-state index contributed by atoms with van der Waals surface area (Å²) in [5, 5.41) is 0. The molecule has 0 unspecified atom stereocenters. The van der Waals surface area contributed by atoms with Crippen molar-refractivity contribution in [2.45, 2.75) is 31.6 Å². The minimum atomic E-state index is -3.39. The lowest BCUT2D eigenvalue weighted by Gasteiger charge is -2.20. The van der Waals surface area contributed by atoms with E-state index in [0.29, 0.717) is 18.8 Å². The Bertz CT molecular complexity index is 457. The average molecular weight is 256 g/mol. The van der Waals surface area contributed by atoms with Gasteiger partial charge in [0, 0.05) is 18.8 Å². The summed E-state index contributed by atoms with van der Waals surface area (Å²) in [6.45, 7) is 4.93. The van der Waals surface area contributed by atoms with Crippen LogP contribution < -0.4 is 5.73 Å². The normalized spacial score (nSPS) is 11.9. The molecular formula is C12H20N2O2S. The molecule has 0 saturated carbocycles. The Labute approximate surface area is 103 Å². The lowest BCUT2D eigenvalue weighted by atomic mass is 10.3. The van der Waals surface area contributed by atoms with Crippen LogP contribution in [0.15, 0.2) is 29.2 Å². The first kappa shape index (κ1) is 14.0. The highest BCUT2D eigenvalue weighted by molar-refractivity contribution is 7.89. The van der Waals surface area contributed by atoms with Gasteiger partial charge >= 0.3 is 0 Å². The van der Waals surface area contributed by atoms with Crippen LogP contribution in [0.1, 0.15) is 26.7 Å². The van der Waals surface area contributed by atoms with Gasteiger partial charge in [0.25, 0.3) is 0 Å². The first-order valence-corrected chi connectivity index (χ1v) is 7.32. The molecule has 0 heterocycles. The molecule has 0 aliphatic heterocycles. The quantitative estimate of drug-likeness (QED) is 0.793. The Morgan fingerprint density at radius 3 is 2.53 bits per heavy atom. The maximum absolute atomic E-state index is 12.3. The van der Waals surface area contributed by atoms with Crippen LogP contribution in [0.25, 0.3) is 0 Å². The van der Waals surface area contributed by atoms with Gasteiger partial charge in [-0.3, -0.25) is 0 Å². The highest BCUT2D eigenvalue weighted by Gasteiger charge is 2.22. The number of nitrogens with zero attached hydrogens (tertiary/aromatic N) is 1. The molecule has 4 nitrogen and oxygen atoms in total. The van der Waals surface area contributed by atoms with Crippen LogP contribution in [0.5, 0.6) is 0 Å². The van der Waals surface area contributed by atoms with Crippen molar-refractivity contribution in [2.24, 2.45) is 0 Å². The second kappa shape index (κ2) is 6.02. The largest absolute Gasteiger partial charge is 0.399 e. The predicted octanol–water partition coefficient (Wildman–Crippen LogP) is 2.08. The number of nitrogens with two attached hydrogens (primary N) is 1. The van der Waals surface area contributed by atoms with Crippen molar-refractivity contribution >= 4 is 15.7 Å². The van der Waals surface area contributed by atoms with Crippen molar-refractivity contribution in [3.05, 3.63) is 24.3 Å². The first-order chi connectivity index (χ1) is 8.02. The Hall–Kier alpha value is -1.07. The zero-order valence-corrected chi connectivity index (χ0v) is 11.2. The molecule has 0 aliphatic rings. The first-order valence-electron chi connectivity index (χ1n) is 5.88. The maximum atomic E-state index is 12.3. The lowest BCUT2D eigenvalue weighted by Crippen LogP contribution is -2.31. The molecule has 0 radical (unpaired) electrons. The standard InChI is InChI=1S/C12H20N2O2S/c1-3-5-9-14(4-2)17(15,16)12-8-6-7-11(13)10-12/h6-8,10H,3-5,9,13H2,1-2H3. The molecule has 1 rings (SSSR count). The molecule has 0 fully saturated rings. The second-order valence-electron chi connectivity index (χ2n) is 3.92. The lowest BCUT2D eigenvalue weighted by molar-refractivity contribution is 0.419. The van der Waals surface area contributed by atoms with E-state index >= 15 is 0 Å². The number of rotatable bonds is 6. The fourth-order valence-corrected chi connectivity index (χ4v) is 3.15. The average Bonchev–Trinajstić information content (AvgIpc) is 2.30. The number of anilines is 1. The molecule has 2 N–H and O–H groups in total. The predicted molar refractivity (Wildman–Crippen MR) is 70.2 cm³/mol. The Kier molecular flexibility index (Phi) is 4.96. The van der Waals surface area contributed by atoms with Crippen LogP contribution in [-0.4, -0.2) is 25.8 Å². The molecule has 96 valence electrons. The number of nitrogen functional groups attached to an aromatic ring is 1. The van der Waals surface area contributed by atoms with Gasteiger partial charge in [-0.1, -0.05) is 26.3 Å². The maximum Gasteiger partial charge on any atom is 0.243 e. The molecule has 0 spiro atoms. The van der Waals surface area contributed by atoms with Crippen molar-refractivity contribution in [3.8, 4) is 0 Å². The Balaban J connectivity index is 3.00. The molecule has 17 heavy (non-hydrogen) atoms. The number of sulfonamides is 1. The fraction of sp³-hybridized carbons (Fsp3) is 0.500. The minimum absolute atomic E-state index is 0.274. The summed E-state index contributed by atoms with van der Waals surface area (Å²) in [5.41, 5.74) is 6.08. The summed E-state index contributed by atoms with van der Waals surface area (Å²) >= 11 is 0. The molecule has 0 bridgehead atoms. The zero-order valence-electron chi connectivity index (χ0n) is 10.4. The van der Waals surface area contributed by atoms with E-state index in [1.54, 1.807) is 18.2 Å². The topological polar surface area (TPSA) is 63.4 Å². The fourth-order valence-electron chi connectivity index (χ4n) is 1.61. The summed E-state index contributed by atoms with van der Waals surface area (Å²) in [6.07, 6.45) is 1.85. The second-order valence-corrected chi connectivity index (χ2v) is 5.86. The van der Waals surface area contributed by atoms with Gasteiger partial charge in [-0.25, -0.2) is 8.42 Å². The molecule has 1 aromatic rings. The number of benzene rings is 1. The van der Waals surface area contributed by atoms with Crippen molar-refractivity contribution in [1.29, 1.82) is 0 Å². The number of hydrogen-bond donors (Lipinski definition) is 1. The molecule has 0 aromatic heterocycles. The van der Waals surface area contributed by atoms with Crippen molar-refractivity contribution < 1.29 is 8.42 Å². The van der Waals surface area contributed by atoms with E-state index in [1.165, 1.54) is 10.4 Å². The zero-order chi connectivity index (χ0) is 12.9. The van der Waals surface area contributed by atoms with Crippen LogP contribution in [0.4, 0.5) is 5.69 Å². The molecule has 0 amide bonds. The molecule has 0 aliphatic carbocycles. The van der Waals surface area contributed by atoms with Gasteiger partial charge in [0.2, 0.25) is 10.0 Å². The smallest absolute Gasteiger partial charge is 0.243 e. The molecule has 0 atom stereocenters. The third kappa shape index (κ3) is 3.44. The SMILES string of the molecule is CCCCN(CC)S(=O)(=O)c1cccc(N)c1. The van der Waals surface area contributed by atoms with E-state index in [9.17, 15) is 8.42 Å². The van der Waals surface area contributed by atoms with Gasteiger partial charge in [-0.15, -0.1) is 0 Å². The van der Waals surface area contributed by atoms with Crippen LogP contribution in [0.2, 0.25) is 0 Å². The molecule has 1 aromatic carbocycles. The van der Waals surface area contributed by atoms with Crippen molar-refractivity contribution in [3.63, 3.8) is 0 Å². The monoisotopic (exact) mass is 256 g/mol. The Morgan fingerprint density at radius 2 is 2.00 bits per heavy atom. The van der Waals surface area contributed by atoms with Gasteiger partial charge in [0.05, 0.1) is 4.90 Å². The minimum Gasteiger partial charge on any atom is -0.399 e. The van der Waals surface area contributed by atoms with E-state index in [1.807, 2.05) is 13.8 Å². The summed E-state index contributed by atoms with van der Waals surface area (Å²) in [6, 6.07) is 6.43. The Morgan fingerprint density at radius 1 is 1.29 bits per heavy atom. The van der Waals surface area contributed by atoms with Gasteiger partial charge in [0.15, 0.2) is 0 Å². The van der Waals surface area contributed by atoms with E-state index in [-0.39, 0.29) is 4.90 Å². The summed E-state index contributed by atoms with van der Waals surface area (Å²) in [5.74, 6) is 0. The highest BCUT2D eigenvalue weighted by atomic mass is 32.2. The third-order valence-electron chi connectivity index (χ3n) is 2.61. The van der Waals surface area contributed by atoms with Gasteiger partial charge in [-0.05, 0) is 24.6 Å². The summed E-state index contributed by atoms with van der Waals surface area (Å²) < 4.78 is 26.1. The van der Waals surface area contributed by atoms with Crippen LogP contribution in [-0.2, 0) is 10.0 Å². The van der Waals surface area contributed by atoms with E-state index < -0.39 is 10.0 Å². The number of hydrogen-bond acceptors (Lipinski definition) is 3. The highest BCUT2D eigenvalue weighted by Crippen LogP contribution is 2.18. The van der Waals surface area contributed by atoms with Crippen LogP contribution in [0, 0.1) is 0 Å². The van der Waals surface area contributed by atoms with E-state index in [0.717, 1.165) is 12.8 Å².